The molecule has 1 aliphatic rings. The standard InChI is InChI=1S/C25H36NO3P/c1-5-8-24(29-14-7-3)25(4)21(18-30)16-23(27)20(17-26-25)15-19-9-11-22(12-10-19)28-13-6-2/h5,8-12,17-18,24,26H,6-7,13-16,30H2,1-4H3/b8-5-,21-18+. The first-order valence-corrected chi connectivity index (χ1v) is 11.5. The highest BCUT2D eigenvalue weighted by atomic mass is 31.0. The zero-order chi connectivity index (χ0) is 22.0. The predicted octanol–water partition coefficient (Wildman–Crippen LogP) is 5.35. The molecule has 1 aliphatic heterocycles. The van der Waals surface area contributed by atoms with Gasteiger partial charge in [-0.2, -0.15) is 0 Å². The molecule has 5 heteroatoms. The summed E-state index contributed by atoms with van der Waals surface area (Å²) >= 11 is 0. The van der Waals surface area contributed by atoms with Gasteiger partial charge in [-0.15, -0.1) is 9.24 Å². The Labute approximate surface area is 184 Å². The van der Waals surface area contributed by atoms with Crippen molar-refractivity contribution in [2.24, 2.45) is 0 Å². The molecule has 1 N–H and O–H groups in total. The molecule has 0 amide bonds. The van der Waals surface area contributed by atoms with Gasteiger partial charge in [0.15, 0.2) is 5.78 Å². The van der Waals surface area contributed by atoms with Crippen LogP contribution in [0, 0.1) is 0 Å². The van der Waals surface area contributed by atoms with Gasteiger partial charge in [-0.1, -0.05) is 43.9 Å². The van der Waals surface area contributed by atoms with Crippen LogP contribution in [-0.4, -0.2) is 30.6 Å². The van der Waals surface area contributed by atoms with E-state index in [-0.39, 0.29) is 11.9 Å². The molecule has 0 spiro atoms. The summed E-state index contributed by atoms with van der Waals surface area (Å²) in [4.78, 5) is 13.0. The number of carbonyl (C=O) groups excluding carboxylic acids is 1. The number of hydrogen-bond donors (Lipinski definition) is 1. The molecule has 1 aromatic rings. The van der Waals surface area contributed by atoms with E-state index in [1.807, 2.05) is 49.3 Å². The maximum Gasteiger partial charge on any atom is 0.164 e. The fourth-order valence-electron chi connectivity index (χ4n) is 3.50. The van der Waals surface area contributed by atoms with Crippen LogP contribution in [-0.2, 0) is 16.0 Å². The smallest absolute Gasteiger partial charge is 0.164 e. The third-order valence-corrected chi connectivity index (χ3v) is 5.75. The van der Waals surface area contributed by atoms with Crippen LogP contribution >= 0.6 is 9.24 Å². The molecule has 0 saturated heterocycles. The number of rotatable bonds is 10. The molecular weight excluding hydrogens is 393 g/mol. The number of carbonyl (C=O) groups is 1. The van der Waals surface area contributed by atoms with Gasteiger partial charge in [0.05, 0.1) is 12.1 Å². The Hall–Kier alpha value is -1.90. The molecule has 3 atom stereocenters. The van der Waals surface area contributed by atoms with E-state index in [4.69, 9.17) is 9.47 Å². The van der Waals surface area contributed by atoms with Gasteiger partial charge in [0.1, 0.15) is 11.9 Å². The number of ketones is 1. The average Bonchev–Trinajstić information content (AvgIpc) is 2.88. The zero-order valence-corrected chi connectivity index (χ0v) is 19.9. The van der Waals surface area contributed by atoms with Gasteiger partial charge < -0.3 is 14.8 Å². The maximum atomic E-state index is 13.0. The predicted molar refractivity (Wildman–Crippen MR) is 128 cm³/mol. The Bertz CT molecular complexity index is 782. The first-order chi connectivity index (χ1) is 14.5. The van der Waals surface area contributed by atoms with Crippen molar-refractivity contribution in [3.8, 4) is 5.75 Å². The van der Waals surface area contributed by atoms with Crippen LogP contribution < -0.4 is 10.1 Å². The van der Waals surface area contributed by atoms with Crippen molar-refractivity contribution in [1.82, 2.24) is 5.32 Å². The Morgan fingerprint density at radius 3 is 2.50 bits per heavy atom. The van der Waals surface area contributed by atoms with Crippen molar-refractivity contribution >= 4 is 15.0 Å². The Kier molecular flexibility index (Phi) is 9.81. The van der Waals surface area contributed by atoms with Crippen LogP contribution in [0.25, 0.3) is 0 Å². The quantitative estimate of drug-likeness (QED) is 0.402. The molecular formula is C25H36NO3P. The van der Waals surface area contributed by atoms with E-state index in [9.17, 15) is 4.79 Å². The monoisotopic (exact) mass is 429 g/mol. The summed E-state index contributed by atoms with van der Waals surface area (Å²) < 4.78 is 11.8. The molecule has 0 fully saturated rings. The molecule has 1 aromatic carbocycles. The van der Waals surface area contributed by atoms with Crippen LogP contribution in [0.1, 0.15) is 52.5 Å². The minimum Gasteiger partial charge on any atom is -0.494 e. The summed E-state index contributed by atoms with van der Waals surface area (Å²) in [6.07, 6.45) is 8.69. The number of hydrogen-bond acceptors (Lipinski definition) is 4. The lowest BCUT2D eigenvalue weighted by molar-refractivity contribution is -0.115. The van der Waals surface area contributed by atoms with Gasteiger partial charge in [-0.3, -0.25) is 4.79 Å². The lowest BCUT2D eigenvalue weighted by atomic mass is 9.84. The molecule has 3 unspecified atom stereocenters. The fourth-order valence-corrected chi connectivity index (χ4v) is 3.97. The normalized spacial score (nSPS) is 22.0. The van der Waals surface area contributed by atoms with Crippen molar-refractivity contribution in [3.05, 3.63) is 65.1 Å². The molecule has 0 saturated carbocycles. The van der Waals surface area contributed by atoms with Crippen LogP contribution in [0.2, 0.25) is 0 Å². The molecule has 1 heterocycles. The van der Waals surface area contributed by atoms with Crippen LogP contribution in [0.15, 0.2) is 59.6 Å². The second-order valence-electron chi connectivity index (χ2n) is 7.79. The van der Waals surface area contributed by atoms with E-state index in [1.165, 1.54) is 0 Å². The molecule has 4 nitrogen and oxygen atoms in total. The number of ether oxygens (including phenoxy) is 2. The summed E-state index contributed by atoms with van der Waals surface area (Å²) in [5, 5.41) is 3.53. The highest BCUT2D eigenvalue weighted by molar-refractivity contribution is 7.20. The van der Waals surface area contributed by atoms with Gasteiger partial charge in [0, 0.05) is 31.2 Å². The maximum absolute atomic E-state index is 13.0. The van der Waals surface area contributed by atoms with Crippen molar-refractivity contribution < 1.29 is 14.3 Å². The molecule has 0 aliphatic carbocycles. The molecule has 0 radical (unpaired) electrons. The third kappa shape index (κ3) is 6.30. The van der Waals surface area contributed by atoms with Crippen molar-refractivity contribution in [2.45, 2.75) is 65.0 Å². The van der Waals surface area contributed by atoms with Gasteiger partial charge in [0.2, 0.25) is 0 Å². The summed E-state index contributed by atoms with van der Waals surface area (Å²) in [6.45, 7) is 9.67. The summed E-state index contributed by atoms with van der Waals surface area (Å²) in [7, 11) is 2.66. The number of nitrogens with one attached hydrogen (secondary N) is 1. The van der Waals surface area contributed by atoms with Gasteiger partial charge >= 0.3 is 0 Å². The van der Waals surface area contributed by atoms with Crippen LogP contribution in [0.5, 0.6) is 5.75 Å². The molecule has 30 heavy (non-hydrogen) atoms. The van der Waals surface area contributed by atoms with E-state index in [2.05, 4.69) is 41.4 Å². The van der Waals surface area contributed by atoms with Gasteiger partial charge in [0.25, 0.3) is 0 Å². The van der Waals surface area contributed by atoms with Crippen LogP contribution in [0.4, 0.5) is 0 Å². The average molecular weight is 430 g/mol. The van der Waals surface area contributed by atoms with Crippen molar-refractivity contribution in [1.29, 1.82) is 0 Å². The Morgan fingerprint density at radius 2 is 1.90 bits per heavy atom. The minimum atomic E-state index is -0.487. The second-order valence-corrected chi connectivity index (χ2v) is 8.13. The van der Waals surface area contributed by atoms with E-state index >= 15 is 0 Å². The van der Waals surface area contributed by atoms with Crippen LogP contribution in [0.3, 0.4) is 0 Å². The van der Waals surface area contributed by atoms with E-state index in [0.717, 1.165) is 35.3 Å². The number of allylic oxidation sites excluding steroid dienone is 2. The molecule has 0 bridgehead atoms. The Balaban J connectivity index is 2.24. The lowest BCUT2D eigenvalue weighted by Crippen LogP contribution is -2.51. The first kappa shape index (κ1) is 24.4. The first-order valence-electron chi connectivity index (χ1n) is 10.9. The summed E-state index contributed by atoms with van der Waals surface area (Å²) in [5.74, 6) is 2.97. The summed E-state index contributed by atoms with van der Waals surface area (Å²) in [5.41, 5.74) is 2.40. The topological polar surface area (TPSA) is 47.6 Å². The SMILES string of the molecule is C/C=C\C(OCCC)C1(C)NC=C(Cc2ccc(OCCC)cc2)C(=O)C/C1=C\P. The highest BCUT2D eigenvalue weighted by Crippen LogP contribution is 2.32. The number of benzene rings is 1. The third-order valence-electron chi connectivity index (χ3n) is 5.35. The summed E-state index contributed by atoms with van der Waals surface area (Å²) in [6, 6.07) is 8.00. The lowest BCUT2D eigenvalue weighted by Gasteiger charge is -2.37. The van der Waals surface area contributed by atoms with Gasteiger partial charge in [-0.05, 0) is 50.0 Å². The fraction of sp³-hybridized carbons (Fsp3) is 0.480. The highest BCUT2D eigenvalue weighted by Gasteiger charge is 2.39. The largest absolute Gasteiger partial charge is 0.494 e. The Morgan fingerprint density at radius 1 is 1.20 bits per heavy atom. The van der Waals surface area contributed by atoms with E-state index in [0.29, 0.717) is 26.1 Å². The molecule has 2 rings (SSSR count). The van der Waals surface area contributed by atoms with E-state index in [1.54, 1.807) is 0 Å². The van der Waals surface area contributed by atoms with Gasteiger partial charge in [-0.25, -0.2) is 0 Å². The number of Topliss-reactive ketones (excluding diaryl/α,β-unsaturated/α-hetero) is 1. The second kappa shape index (κ2) is 12.1. The van der Waals surface area contributed by atoms with Crippen molar-refractivity contribution in [2.75, 3.05) is 13.2 Å². The van der Waals surface area contributed by atoms with E-state index < -0.39 is 5.54 Å². The molecule has 0 aromatic heterocycles. The zero-order valence-electron chi connectivity index (χ0n) is 18.7. The minimum absolute atomic E-state index is 0.140. The van der Waals surface area contributed by atoms with Crippen molar-refractivity contribution in [3.63, 3.8) is 0 Å². The molecule has 164 valence electrons.